The van der Waals surface area contributed by atoms with Gasteiger partial charge in [-0.3, -0.25) is 9.59 Å². The predicted molar refractivity (Wildman–Crippen MR) is 128 cm³/mol. The third-order valence-corrected chi connectivity index (χ3v) is 5.96. The molecular formula is C24H35Cl3O4. The third kappa shape index (κ3) is 13.9. The molecule has 0 radical (unpaired) electrons. The Morgan fingerprint density at radius 2 is 1.29 bits per heavy atom. The fourth-order valence-electron chi connectivity index (χ4n) is 3.17. The second kappa shape index (κ2) is 17.6. The highest BCUT2D eigenvalue weighted by atomic mass is 35.5. The van der Waals surface area contributed by atoms with E-state index in [4.69, 9.17) is 44.3 Å². The SMILES string of the molecule is CCCCCCCCCCCCOC(=O)CCCCC(=O)Oc1cc(Cl)cc(Cl)c1Cl. The molecule has 1 rings (SSSR count). The highest BCUT2D eigenvalue weighted by molar-refractivity contribution is 6.44. The van der Waals surface area contributed by atoms with Crippen LogP contribution in [-0.4, -0.2) is 18.5 Å². The summed E-state index contributed by atoms with van der Waals surface area (Å²) in [5.74, 6) is -0.520. The lowest BCUT2D eigenvalue weighted by Gasteiger charge is -2.08. The Kier molecular flexibility index (Phi) is 15.9. The van der Waals surface area contributed by atoms with Crippen molar-refractivity contribution in [1.82, 2.24) is 0 Å². The van der Waals surface area contributed by atoms with Gasteiger partial charge >= 0.3 is 11.9 Å². The smallest absolute Gasteiger partial charge is 0.311 e. The van der Waals surface area contributed by atoms with E-state index in [1.165, 1.54) is 63.5 Å². The topological polar surface area (TPSA) is 52.6 Å². The number of hydrogen-bond donors (Lipinski definition) is 0. The van der Waals surface area contributed by atoms with Crippen LogP contribution < -0.4 is 4.74 Å². The van der Waals surface area contributed by atoms with E-state index in [9.17, 15) is 9.59 Å². The minimum absolute atomic E-state index is 0.139. The molecule has 0 atom stereocenters. The van der Waals surface area contributed by atoms with Gasteiger partial charge in [0.25, 0.3) is 0 Å². The van der Waals surface area contributed by atoms with Crippen LogP contribution in [0.3, 0.4) is 0 Å². The standard InChI is InChI=1S/C24H35Cl3O4/c1-2-3-4-5-6-7-8-9-10-13-16-30-22(28)14-11-12-15-23(29)31-21-18-19(25)17-20(26)24(21)27/h17-18H,2-16H2,1H3. The first-order chi connectivity index (χ1) is 14.9. The number of benzene rings is 1. The van der Waals surface area contributed by atoms with Crippen molar-refractivity contribution in [2.45, 2.75) is 96.8 Å². The summed E-state index contributed by atoms with van der Waals surface area (Å²) in [6, 6.07) is 2.92. The van der Waals surface area contributed by atoms with Gasteiger partial charge in [-0.05, 0) is 25.3 Å². The predicted octanol–water partition coefficient (Wildman–Crippen LogP) is 8.58. The summed E-state index contributed by atoms with van der Waals surface area (Å²) < 4.78 is 10.5. The van der Waals surface area contributed by atoms with Crippen LogP contribution in [0.25, 0.3) is 0 Å². The Hall–Kier alpha value is -0.970. The summed E-state index contributed by atoms with van der Waals surface area (Å²) in [5, 5.41) is 0.708. The summed E-state index contributed by atoms with van der Waals surface area (Å²) in [6.07, 6.45) is 14.0. The van der Waals surface area contributed by atoms with Crippen molar-refractivity contribution in [3.05, 3.63) is 27.2 Å². The average molecular weight is 494 g/mol. The van der Waals surface area contributed by atoms with Gasteiger partial charge in [-0.1, -0.05) is 99.5 Å². The normalized spacial score (nSPS) is 10.8. The molecular weight excluding hydrogens is 459 g/mol. The molecule has 4 nitrogen and oxygen atoms in total. The fourth-order valence-corrected chi connectivity index (χ4v) is 3.79. The van der Waals surface area contributed by atoms with Crippen molar-refractivity contribution in [2.75, 3.05) is 6.61 Å². The molecule has 176 valence electrons. The highest BCUT2D eigenvalue weighted by Crippen LogP contribution is 2.35. The zero-order valence-electron chi connectivity index (χ0n) is 18.5. The van der Waals surface area contributed by atoms with Gasteiger partial charge in [-0.2, -0.15) is 0 Å². The van der Waals surface area contributed by atoms with Crippen LogP contribution >= 0.6 is 34.8 Å². The number of rotatable bonds is 17. The van der Waals surface area contributed by atoms with Gasteiger partial charge in [0.2, 0.25) is 0 Å². The molecule has 1 aromatic carbocycles. The molecule has 0 saturated carbocycles. The second-order valence-electron chi connectivity index (χ2n) is 7.78. The molecule has 0 N–H and O–H groups in total. The van der Waals surface area contributed by atoms with Crippen LogP contribution in [0.5, 0.6) is 5.75 Å². The molecule has 0 spiro atoms. The summed E-state index contributed by atoms with van der Waals surface area (Å²) in [6.45, 7) is 2.71. The van der Waals surface area contributed by atoms with Crippen LogP contribution in [0.2, 0.25) is 15.1 Å². The number of carbonyl (C=O) groups is 2. The van der Waals surface area contributed by atoms with Crippen molar-refractivity contribution in [3.8, 4) is 5.75 Å². The van der Waals surface area contributed by atoms with E-state index >= 15 is 0 Å². The molecule has 0 heterocycles. The number of halogens is 3. The Morgan fingerprint density at radius 3 is 1.90 bits per heavy atom. The summed E-state index contributed by atoms with van der Waals surface area (Å²) in [7, 11) is 0. The van der Waals surface area contributed by atoms with Crippen LogP contribution in [0.1, 0.15) is 96.8 Å². The minimum Gasteiger partial charge on any atom is -0.466 e. The molecule has 31 heavy (non-hydrogen) atoms. The number of esters is 2. The molecule has 1 aromatic rings. The van der Waals surface area contributed by atoms with E-state index < -0.39 is 5.97 Å². The van der Waals surface area contributed by atoms with Gasteiger partial charge in [-0.15, -0.1) is 0 Å². The van der Waals surface area contributed by atoms with Gasteiger partial charge < -0.3 is 9.47 Å². The van der Waals surface area contributed by atoms with Crippen molar-refractivity contribution < 1.29 is 19.1 Å². The summed E-state index contributed by atoms with van der Waals surface area (Å²) in [4.78, 5) is 23.7. The summed E-state index contributed by atoms with van der Waals surface area (Å²) in [5.41, 5.74) is 0. The highest BCUT2D eigenvalue weighted by Gasteiger charge is 2.13. The number of ether oxygens (including phenoxy) is 2. The lowest BCUT2D eigenvalue weighted by atomic mass is 10.1. The molecule has 0 unspecified atom stereocenters. The van der Waals surface area contributed by atoms with Gasteiger partial charge in [-0.25, -0.2) is 0 Å². The number of carbonyl (C=O) groups excluding carboxylic acids is 2. The van der Waals surface area contributed by atoms with Crippen molar-refractivity contribution in [1.29, 1.82) is 0 Å². The van der Waals surface area contributed by atoms with Crippen LogP contribution in [0, 0.1) is 0 Å². The maximum absolute atomic E-state index is 11.9. The van der Waals surface area contributed by atoms with E-state index in [-0.39, 0.29) is 28.2 Å². The van der Waals surface area contributed by atoms with E-state index in [2.05, 4.69) is 6.92 Å². The van der Waals surface area contributed by atoms with Crippen LogP contribution in [-0.2, 0) is 14.3 Å². The first kappa shape index (κ1) is 28.1. The second-order valence-corrected chi connectivity index (χ2v) is 9.00. The minimum atomic E-state index is -0.445. The number of unbranched alkanes of at least 4 members (excludes halogenated alkanes) is 10. The first-order valence-corrected chi connectivity index (χ1v) is 12.6. The summed E-state index contributed by atoms with van der Waals surface area (Å²) >= 11 is 17.8. The van der Waals surface area contributed by atoms with Crippen LogP contribution in [0.15, 0.2) is 12.1 Å². The zero-order chi connectivity index (χ0) is 22.9. The molecule has 0 amide bonds. The molecule has 0 fully saturated rings. The molecule has 0 aliphatic carbocycles. The number of hydrogen-bond acceptors (Lipinski definition) is 4. The molecule has 0 aromatic heterocycles. The molecule has 0 bridgehead atoms. The maximum Gasteiger partial charge on any atom is 0.311 e. The quantitative estimate of drug-likeness (QED) is 0.0943. The lowest BCUT2D eigenvalue weighted by Crippen LogP contribution is -2.09. The van der Waals surface area contributed by atoms with E-state index in [0.29, 0.717) is 30.9 Å². The zero-order valence-corrected chi connectivity index (χ0v) is 20.8. The van der Waals surface area contributed by atoms with Gasteiger partial charge in [0, 0.05) is 23.9 Å². The fraction of sp³-hybridized carbons (Fsp3) is 0.667. The first-order valence-electron chi connectivity index (χ1n) is 11.4. The molecule has 0 aliphatic heterocycles. The van der Waals surface area contributed by atoms with E-state index in [0.717, 1.165) is 12.8 Å². The van der Waals surface area contributed by atoms with Crippen LogP contribution in [0.4, 0.5) is 0 Å². The Morgan fingerprint density at radius 1 is 0.742 bits per heavy atom. The van der Waals surface area contributed by atoms with Crippen molar-refractivity contribution >= 4 is 46.7 Å². The van der Waals surface area contributed by atoms with E-state index in [1.54, 1.807) is 0 Å². The Labute approximate surface area is 201 Å². The van der Waals surface area contributed by atoms with Gasteiger partial charge in [0.15, 0.2) is 5.75 Å². The molecule has 0 aliphatic rings. The largest absolute Gasteiger partial charge is 0.466 e. The van der Waals surface area contributed by atoms with Gasteiger partial charge in [0.1, 0.15) is 5.02 Å². The third-order valence-electron chi connectivity index (χ3n) is 4.96. The molecule has 0 saturated heterocycles. The Balaban J connectivity index is 1.99. The maximum atomic E-state index is 11.9. The van der Waals surface area contributed by atoms with Crippen molar-refractivity contribution in [2.24, 2.45) is 0 Å². The lowest BCUT2D eigenvalue weighted by molar-refractivity contribution is -0.144. The monoisotopic (exact) mass is 492 g/mol. The molecule has 7 heteroatoms. The van der Waals surface area contributed by atoms with Gasteiger partial charge in [0.05, 0.1) is 11.6 Å². The average Bonchev–Trinajstić information content (AvgIpc) is 2.73. The van der Waals surface area contributed by atoms with Crippen molar-refractivity contribution in [3.63, 3.8) is 0 Å². The van der Waals surface area contributed by atoms with E-state index in [1.807, 2.05) is 0 Å². The Bertz CT molecular complexity index is 664.